The average Bonchev–Trinajstić information content (AvgIpc) is 3.20. The van der Waals surface area contributed by atoms with Gasteiger partial charge in [0.2, 0.25) is 0 Å². The van der Waals surface area contributed by atoms with E-state index in [1.54, 1.807) is 37.5 Å². The van der Waals surface area contributed by atoms with E-state index in [0.29, 0.717) is 40.3 Å². The van der Waals surface area contributed by atoms with Gasteiger partial charge in [0.05, 0.1) is 11.3 Å². The number of ether oxygens (including phenoxy) is 1. The van der Waals surface area contributed by atoms with Crippen LogP contribution in [0.15, 0.2) is 48.7 Å². The summed E-state index contributed by atoms with van der Waals surface area (Å²) in [5.74, 6) is 0.471. The molecule has 192 valence electrons. The number of amides is 1. The van der Waals surface area contributed by atoms with Crippen molar-refractivity contribution in [1.29, 1.82) is 5.41 Å². The molecule has 2 aromatic carbocycles. The van der Waals surface area contributed by atoms with Gasteiger partial charge in [-0.1, -0.05) is 13.8 Å². The molecule has 1 aliphatic carbocycles. The van der Waals surface area contributed by atoms with Crippen LogP contribution >= 0.6 is 0 Å². The summed E-state index contributed by atoms with van der Waals surface area (Å²) in [6, 6.07) is 12.4. The molecular formula is C29H32FN5O2. The van der Waals surface area contributed by atoms with Gasteiger partial charge in [-0.3, -0.25) is 9.78 Å². The van der Waals surface area contributed by atoms with Crippen molar-refractivity contribution in [2.45, 2.75) is 39.3 Å². The van der Waals surface area contributed by atoms with Crippen molar-refractivity contribution >= 4 is 17.8 Å². The molecule has 1 spiro atoms. The fourth-order valence-corrected chi connectivity index (χ4v) is 5.51. The molecule has 3 aromatic rings. The normalized spacial score (nSPS) is 17.3. The molecule has 3 aliphatic rings. The van der Waals surface area contributed by atoms with Crippen LogP contribution in [0.25, 0.3) is 11.3 Å². The standard InChI is InChI=1S/C27H26FN5O2.C2H6/c1-30-23-8-20(3-2-16(23)12-29)35-21-4-5-32-24(9-21)17-6-18-13-33(26(34)25(18)22(28)7-17)19-10-27(11-19)14-31-15-27;1-2/h2-9,12,19,29-31H,10-11,13-15H2,1H3;1-2H3. The maximum absolute atomic E-state index is 15.1. The van der Waals surface area contributed by atoms with Gasteiger partial charge in [-0.2, -0.15) is 0 Å². The van der Waals surface area contributed by atoms with Crippen molar-refractivity contribution < 1.29 is 13.9 Å². The molecule has 0 radical (unpaired) electrons. The number of hydrogen-bond donors (Lipinski definition) is 3. The molecule has 8 heteroatoms. The van der Waals surface area contributed by atoms with Crippen LogP contribution in [-0.2, 0) is 6.54 Å². The van der Waals surface area contributed by atoms with Gasteiger partial charge in [-0.25, -0.2) is 4.39 Å². The maximum Gasteiger partial charge on any atom is 0.257 e. The number of benzene rings is 2. The number of rotatable bonds is 6. The lowest BCUT2D eigenvalue weighted by atomic mass is 9.61. The van der Waals surface area contributed by atoms with Crippen LogP contribution in [0, 0.1) is 16.6 Å². The van der Waals surface area contributed by atoms with Gasteiger partial charge in [0, 0.05) is 74.1 Å². The first-order chi connectivity index (χ1) is 18.0. The van der Waals surface area contributed by atoms with Gasteiger partial charge in [-0.05, 0) is 54.2 Å². The van der Waals surface area contributed by atoms with Crippen molar-refractivity contribution in [3.05, 3.63) is 71.2 Å². The Hall–Kier alpha value is -3.78. The van der Waals surface area contributed by atoms with Crippen LogP contribution < -0.4 is 15.4 Å². The van der Waals surface area contributed by atoms with Gasteiger partial charge in [0.15, 0.2) is 0 Å². The summed E-state index contributed by atoms with van der Waals surface area (Å²) in [5.41, 5.74) is 3.99. The van der Waals surface area contributed by atoms with Gasteiger partial charge in [-0.15, -0.1) is 0 Å². The predicted octanol–water partition coefficient (Wildman–Crippen LogP) is 5.45. The van der Waals surface area contributed by atoms with E-state index in [-0.39, 0.29) is 17.5 Å². The highest BCUT2D eigenvalue weighted by atomic mass is 19.1. The number of carbonyl (C=O) groups is 1. The van der Waals surface area contributed by atoms with E-state index in [4.69, 9.17) is 10.1 Å². The molecule has 2 fully saturated rings. The lowest BCUT2D eigenvalue weighted by Crippen LogP contribution is -2.65. The summed E-state index contributed by atoms with van der Waals surface area (Å²) in [6.45, 7) is 6.48. The molecule has 0 unspecified atom stereocenters. The third kappa shape index (κ3) is 4.46. The molecule has 6 rings (SSSR count). The van der Waals surface area contributed by atoms with Crippen LogP contribution in [0.4, 0.5) is 10.1 Å². The quantitative estimate of drug-likeness (QED) is 0.391. The van der Waals surface area contributed by atoms with E-state index in [1.165, 1.54) is 12.3 Å². The Balaban J connectivity index is 0.00000137. The fraction of sp³-hybridized carbons (Fsp3) is 0.345. The fourth-order valence-electron chi connectivity index (χ4n) is 5.51. The van der Waals surface area contributed by atoms with Crippen molar-refractivity contribution in [2.24, 2.45) is 5.41 Å². The molecule has 1 saturated carbocycles. The van der Waals surface area contributed by atoms with Gasteiger partial charge in [0.1, 0.15) is 17.3 Å². The smallest absolute Gasteiger partial charge is 0.257 e. The SMILES string of the molecule is CC.CNc1cc(Oc2ccnc(-c3cc(F)c4c(c3)CN(C3CC5(CNC5)C3)C4=O)c2)ccc1C=N. The first-order valence-electron chi connectivity index (χ1n) is 12.8. The predicted molar refractivity (Wildman–Crippen MR) is 143 cm³/mol. The Morgan fingerprint density at radius 3 is 2.59 bits per heavy atom. The maximum atomic E-state index is 15.1. The number of nitrogens with one attached hydrogen (secondary N) is 3. The third-order valence-electron chi connectivity index (χ3n) is 7.48. The van der Waals surface area contributed by atoms with Crippen molar-refractivity contribution in [3.63, 3.8) is 0 Å². The molecule has 0 atom stereocenters. The summed E-state index contributed by atoms with van der Waals surface area (Å²) in [6.07, 6.45) is 4.89. The van der Waals surface area contributed by atoms with E-state index in [9.17, 15) is 4.79 Å². The monoisotopic (exact) mass is 501 g/mol. The van der Waals surface area contributed by atoms with Crippen LogP contribution in [0.2, 0.25) is 0 Å². The van der Waals surface area contributed by atoms with Crippen LogP contribution in [0.1, 0.15) is 48.2 Å². The number of nitrogens with zero attached hydrogens (tertiary/aromatic N) is 2. The van der Waals surface area contributed by atoms with E-state index >= 15 is 4.39 Å². The van der Waals surface area contributed by atoms with Gasteiger partial charge < -0.3 is 25.7 Å². The number of aromatic nitrogens is 1. The highest BCUT2D eigenvalue weighted by molar-refractivity contribution is 5.99. The minimum absolute atomic E-state index is 0.191. The number of halogens is 1. The zero-order valence-electron chi connectivity index (χ0n) is 21.4. The summed E-state index contributed by atoms with van der Waals surface area (Å²) in [4.78, 5) is 19.2. The lowest BCUT2D eigenvalue weighted by Gasteiger charge is -2.56. The van der Waals surface area contributed by atoms with Gasteiger partial charge >= 0.3 is 0 Å². The molecule has 3 heterocycles. The zero-order valence-corrected chi connectivity index (χ0v) is 21.4. The van der Waals surface area contributed by atoms with Gasteiger partial charge in [0.25, 0.3) is 5.91 Å². The Morgan fingerprint density at radius 2 is 1.92 bits per heavy atom. The Morgan fingerprint density at radius 1 is 1.16 bits per heavy atom. The summed E-state index contributed by atoms with van der Waals surface area (Å²) < 4.78 is 21.1. The first kappa shape index (κ1) is 24.9. The average molecular weight is 502 g/mol. The van der Waals surface area contributed by atoms with Crippen LogP contribution in [0.3, 0.4) is 0 Å². The minimum atomic E-state index is -0.502. The number of fused-ring (bicyclic) bond motifs is 1. The molecular weight excluding hydrogens is 469 g/mol. The summed E-state index contributed by atoms with van der Waals surface area (Å²) in [5, 5.41) is 13.9. The molecule has 7 nitrogen and oxygen atoms in total. The topological polar surface area (TPSA) is 90.3 Å². The van der Waals surface area contributed by atoms with Crippen LogP contribution in [-0.4, -0.2) is 48.2 Å². The molecule has 37 heavy (non-hydrogen) atoms. The third-order valence-corrected chi connectivity index (χ3v) is 7.48. The molecule has 2 aliphatic heterocycles. The van der Waals surface area contributed by atoms with Crippen molar-refractivity contribution in [2.75, 3.05) is 25.5 Å². The second-order valence-electron chi connectivity index (χ2n) is 9.71. The molecule has 0 bridgehead atoms. The molecule has 1 amide bonds. The Kier molecular flexibility index (Phi) is 6.69. The van der Waals surface area contributed by atoms with E-state index in [1.807, 2.05) is 30.9 Å². The first-order valence-corrected chi connectivity index (χ1v) is 12.8. The zero-order chi connectivity index (χ0) is 26.2. The number of carbonyl (C=O) groups excluding carboxylic acids is 1. The minimum Gasteiger partial charge on any atom is -0.457 e. The molecule has 1 aromatic heterocycles. The van der Waals surface area contributed by atoms with E-state index < -0.39 is 5.82 Å². The Labute approximate surface area is 216 Å². The number of pyridine rings is 1. The lowest BCUT2D eigenvalue weighted by molar-refractivity contribution is -0.0269. The second kappa shape index (κ2) is 9.94. The van der Waals surface area contributed by atoms with E-state index in [2.05, 4.69) is 15.6 Å². The summed E-state index contributed by atoms with van der Waals surface area (Å²) >= 11 is 0. The highest BCUT2D eigenvalue weighted by Gasteiger charge is 2.52. The molecule has 1 saturated heterocycles. The largest absolute Gasteiger partial charge is 0.457 e. The number of anilines is 1. The van der Waals surface area contributed by atoms with E-state index in [0.717, 1.165) is 37.2 Å². The molecule has 3 N–H and O–H groups in total. The second-order valence-corrected chi connectivity index (χ2v) is 9.71. The van der Waals surface area contributed by atoms with Crippen molar-refractivity contribution in [1.82, 2.24) is 15.2 Å². The van der Waals surface area contributed by atoms with Crippen LogP contribution in [0.5, 0.6) is 11.5 Å². The Bertz CT molecular complexity index is 1350. The summed E-state index contributed by atoms with van der Waals surface area (Å²) in [7, 11) is 1.79. The van der Waals surface area contributed by atoms with Crippen molar-refractivity contribution in [3.8, 4) is 22.8 Å². The number of hydrogen-bond acceptors (Lipinski definition) is 6. The highest BCUT2D eigenvalue weighted by Crippen LogP contribution is 2.48.